The van der Waals surface area contributed by atoms with Crippen LogP contribution in [0, 0.1) is 0 Å². The van der Waals surface area contributed by atoms with Crippen LogP contribution in [0.3, 0.4) is 0 Å². The number of para-hydroxylation sites is 1. The van der Waals surface area contributed by atoms with Crippen LogP contribution in [0.2, 0.25) is 0 Å². The fourth-order valence-electron chi connectivity index (χ4n) is 2.36. The van der Waals surface area contributed by atoms with Crippen molar-refractivity contribution in [3.63, 3.8) is 0 Å². The maximum Gasteiger partial charge on any atom is 0.188 e. The summed E-state index contributed by atoms with van der Waals surface area (Å²) < 4.78 is 0. The third-order valence-electron chi connectivity index (χ3n) is 3.88. The van der Waals surface area contributed by atoms with Gasteiger partial charge in [0.1, 0.15) is 0 Å². The topological polar surface area (TPSA) is 53.9 Å². The number of hydrogen-bond acceptors (Lipinski definition) is 6. The summed E-state index contributed by atoms with van der Waals surface area (Å²) in [7, 11) is 2.12. The molecule has 1 N–H and O–H groups in total. The van der Waals surface area contributed by atoms with Crippen molar-refractivity contribution in [2.75, 3.05) is 18.5 Å². The van der Waals surface area contributed by atoms with Crippen LogP contribution in [0.4, 0.5) is 5.69 Å². The van der Waals surface area contributed by atoms with Crippen molar-refractivity contribution >= 4 is 17.0 Å². The summed E-state index contributed by atoms with van der Waals surface area (Å²) in [4.78, 5) is 15.3. The molecule has 0 amide bonds. The molecule has 6 heteroatoms. The first-order valence-corrected chi connectivity index (χ1v) is 8.82. The second-order valence-corrected chi connectivity index (χ2v) is 6.50. The highest BCUT2D eigenvalue weighted by Crippen LogP contribution is 2.19. The maximum atomic E-state index is 4.60. The Kier molecular flexibility index (Phi) is 5.51. The molecule has 0 saturated carbocycles. The minimum Gasteiger partial charge on any atom is -0.371 e. The van der Waals surface area contributed by atoms with Crippen LogP contribution in [0.25, 0.3) is 10.8 Å². The molecule has 0 aliphatic carbocycles. The Morgan fingerprint density at radius 1 is 1.12 bits per heavy atom. The largest absolute Gasteiger partial charge is 0.371 e. The Morgan fingerprint density at radius 2 is 1.88 bits per heavy atom. The molecule has 3 rings (SSSR count). The molecule has 0 radical (unpaired) electrons. The number of hydrogen-bond donors (Lipinski definition) is 1. The lowest BCUT2D eigenvalue weighted by molar-refractivity contribution is 0.581. The zero-order valence-electron chi connectivity index (χ0n) is 13.9. The highest BCUT2D eigenvalue weighted by Gasteiger charge is 2.10. The zero-order valence-corrected chi connectivity index (χ0v) is 14.7. The highest BCUT2D eigenvalue weighted by atomic mass is 32.1. The fourth-order valence-corrected chi connectivity index (χ4v) is 3.13. The van der Waals surface area contributed by atoms with Gasteiger partial charge in [-0.15, -0.1) is 11.3 Å². The molecule has 0 fully saturated rings. The molecule has 2 aromatic heterocycles. The van der Waals surface area contributed by atoms with Gasteiger partial charge < -0.3 is 10.2 Å². The van der Waals surface area contributed by atoms with Gasteiger partial charge in [0.2, 0.25) is 0 Å². The summed E-state index contributed by atoms with van der Waals surface area (Å²) in [6, 6.07) is 12.6. The van der Waals surface area contributed by atoms with Crippen LogP contribution in [-0.2, 0) is 6.54 Å². The third-order valence-corrected chi connectivity index (χ3v) is 4.77. The Morgan fingerprint density at radius 3 is 2.62 bits per heavy atom. The summed E-state index contributed by atoms with van der Waals surface area (Å²) in [5, 5.41) is 6.40. The number of aromatic nitrogens is 3. The number of likely N-dealkylation sites (N-methyl/N-ethyl adjacent to an activating group) is 1. The Labute approximate surface area is 146 Å². The average Bonchev–Trinajstić information content (AvgIpc) is 3.11. The van der Waals surface area contributed by atoms with Crippen LogP contribution < -0.4 is 10.2 Å². The van der Waals surface area contributed by atoms with Gasteiger partial charge in [0, 0.05) is 49.6 Å². The molecular formula is C18H21N5S. The maximum absolute atomic E-state index is 4.60. The molecule has 0 saturated heterocycles. The predicted octanol–water partition coefficient (Wildman–Crippen LogP) is 3.21. The van der Waals surface area contributed by atoms with Gasteiger partial charge in [-0.25, -0.2) is 15.0 Å². The number of anilines is 1. The SMILES string of the molecule is C[C@@H](CNCc1csc(-c2ncccn2)n1)N(C)c1ccccc1. The van der Waals surface area contributed by atoms with Crippen molar-refractivity contribution in [2.45, 2.75) is 19.5 Å². The van der Waals surface area contributed by atoms with Crippen LogP contribution in [-0.4, -0.2) is 34.6 Å². The molecule has 3 aromatic rings. The summed E-state index contributed by atoms with van der Waals surface area (Å²) >= 11 is 1.58. The second kappa shape index (κ2) is 7.99. The van der Waals surface area contributed by atoms with Gasteiger partial charge in [0.05, 0.1) is 5.69 Å². The van der Waals surface area contributed by atoms with E-state index in [2.05, 4.69) is 68.8 Å². The van der Waals surface area contributed by atoms with E-state index < -0.39 is 0 Å². The molecule has 1 atom stereocenters. The third kappa shape index (κ3) is 4.15. The number of benzene rings is 1. The summed E-state index contributed by atoms with van der Waals surface area (Å²) in [5.41, 5.74) is 2.25. The van der Waals surface area contributed by atoms with Crippen molar-refractivity contribution in [1.82, 2.24) is 20.3 Å². The molecule has 0 bridgehead atoms. The number of nitrogens with zero attached hydrogens (tertiary/aromatic N) is 4. The first-order valence-electron chi connectivity index (χ1n) is 7.94. The molecule has 0 aliphatic rings. The van der Waals surface area contributed by atoms with E-state index in [1.54, 1.807) is 23.7 Å². The van der Waals surface area contributed by atoms with Gasteiger partial charge in [0.15, 0.2) is 10.8 Å². The normalized spacial score (nSPS) is 12.1. The van der Waals surface area contributed by atoms with E-state index in [4.69, 9.17) is 0 Å². The molecule has 0 spiro atoms. The van der Waals surface area contributed by atoms with E-state index in [0.29, 0.717) is 11.9 Å². The Bertz CT molecular complexity index is 744. The van der Waals surface area contributed by atoms with Crippen LogP contribution in [0.15, 0.2) is 54.2 Å². The Hall–Kier alpha value is -2.31. The smallest absolute Gasteiger partial charge is 0.188 e. The van der Waals surface area contributed by atoms with Crippen molar-refractivity contribution in [2.24, 2.45) is 0 Å². The molecular weight excluding hydrogens is 318 g/mol. The van der Waals surface area contributed by atoms with Crippen molar-refractivity contribution in [1.29, 1.82) is 0 Å². The average molecular weight is 339 g/mol. The molecule has 0 unspecified atom stereocenters. The number of nitrogens with one attached hydrogen (secondary N) is 1. The van der Waals surface area contributed by atoms with E-state index in [1.165, 1.54) is 5.69 Å². The van der Waals surface area contributed by atoms with E-state index in [0.717, 1.165) is 23.8 Å². The molecule has 5 nitrogen and oxygen atoms in total. The lowest BCUT2D eigenvalue weighted by Gasteiger charge is -2.27. The molecule has 124 valence electrons. The number of rotatable bonds is 7. The lowest BCUT2D eigenvalue weighted by Crippen LogP contribution is -2.37. The first-order chi connectivity index (χ1) is 11.7. The van der Waals surface area contributed by atoms with Crippen molar-refractivity contribution < 1.29 is 0 Å². The van der Waals surface area contributed by atoms with E-state index in [9.17, 15) is 0 Å². The van der Waals surface area contributed by atoms with Gasteiger partial charge in [-0.1, -0.05) is 18.2 Å². The first kappa shape index (κ1) is 16.5. The highest BCUT2D eigenvalue weighted by molar-refractivity contribution is 7.13. The van der Waals surface area contributed by atoms with Crippen LogP contribution >= 0.6 is 11.3 Å². The fraction of sp³-hybridized carbons (Fsp3) is 0.278. The Balaban J connectivity index is 1.51. The van der Waals surface area contributed by atoms with Gasteiger partial charge in [-0.2, -0.15) is 0 Å². The van der Waals surface area contributed by atoms with Gasteiger partial charge in [-0.3, -0.25) is 0 Å². The number of thiazole rings is 1. The van der Waals surface area contributed by atoms with Crippen molar-refractivity contribution in [3.8, 4) is 10.8 Å². The van der Waals surface area contributed by atoms with Gasteiger partial charge in [0.25, 0.3) is 0 Å². The standard InChI is InChI=1S/C18H21N5S/c1-14(23(2)16-7-4-3-5-8-16)11-19-12-15-13-24-18(22-15)17-20-9-6-10-21-17/h3-10,13-14,19H,11-12H2,1-2H3/t14-/m0/s1. The summed E-state index contributed by atoms with van der Waals surface area (Å²) in [5.74, 6) is 0.686. The predicted molar refractivity (Wildman–Crippen MR) is 99.2 cm³/mol. The minimum absolute atomic E-state index is 0.392. The van der Waals surface area contributed by atoms with E-state index in [1.807, 2.05) is 12.1 Å². The quantitative estimate of drug-likeness (QED) is 0.716. The molecule has 24 heavy (non-hydrogen) atoms. The van der Waals surface area contributed by atoms with Gasteiger partial charge in [-0.05, 0) is 25.1 Å². The van der Waals surface area contributed by atoms with E-state index >= 15 is 0 Å². The van der Waals surface area contributed by atoms with E-state index in [-0.39, 0.29) is 0 Å². The van der Waals surface area contributed by atoms with Crippen LogP contribution in [0.5, 0.6) is 0 Å². The monoisotopic (exact) mass is 339 g/mol. The summed E-state index contributed by atoms with van der Waals surface area (Å²) in [6.07, 6.45) is 3.48. The second-order valence-electron chi connectivity index (χ2n) is 5.64. The van der Waals surface area contributed by atoms with Crippen LogP contribution in [0.1, 0.15) is 12.6 Å². The van der Waals surface area contributed by atoms with Crippen molar-refractivity contribution in [3.05, 3.63) is 59.9 Å². The van der Waals surface area contributed by atoms with Gasteiger partial charge >= 0.3 is 0 Å². The zero-order chi connectivity index (χ0) is 16.8. The molecule has 1 aromatic carbocycles. The molecule has 2 heterocycles. The summed E-state index contributed by atoms with van der Waals surface area (Å²) in [6.45, 7) is 3.85. The lowest BCUT2D eigenvalue weighted by atomic mass is 10.2. The minimum atomic E-state index is 0.392. The molecule has 0 aliphatic heterocycles.